The van der Waals surface area contributed by atoms with Gasteiger partial charge in [0.15, 0.2) is 5.65 Å². The first kappa shape index (κ1) is 52.0. The standard InChI is InChI=1S/C59H64BN9O10/c1-35-29-37(56(73)66(4)26-28-76-46-12-8-11-42-43(46)32-68(57(42)74)45-19-20-49(70)64-55(45)72)15-18-44(35)60-78-48-31-38-30-47(58(38,2)3)59(48,79-60)23-27-75-33-50(71)67-24-21-39(22-25-67)69-54-51(53(61)62-34-63-54)52(65-69)36-13-16-41(17-14-36)77-40-9-6-5-7-10-40/h5-18,29,34,38-39,45,47-48H,19-28,30-33H2,1-4H3,(H2,61,62,63)(H,64,70,72)/t38-,45?,47-,48+,59-/m1/s1. The normalized spacial score (nSPS) is 23.3. The van der Waals surface area contributed by atoms with Gasteiger partial charge in [-0.2, -0.15) is 5.10 Å². The summed E-state index contributed by atoms with van der Waals surface area (Å²) in [6, 6.07) is 27.5. The molecule has 2 bridgehead atoms. The Morgan fingerprint density at radius 3 is 2.47 bits per heavy atom. The molecule has 7 aliphatic rings. The number of carbonyl (C=O) groups excluding carboxylic acids is 5. The first-order chi connectivity index (χ1) is 38.2. The number of rotatable bonds is 16. The number of ether oxygens (including phenoxy) is 3. The number of likely N-dealkylation sites (tertiary alicyclic amines) is 1. The lowest BCUT2D eigenvalue weighted by Crippen LogP contribution is -2.67. The van der Waals surface area contributed by atoms with Crippen LogP contribution in [0.4, 0.5) is 5.82 Å². The van der Waals surface area contributed by atoms with Crippen molar-refractivity contribution in [3.8, 4) is 28.5 Å². The van der Waals surface area contributed by atoms with Crippen molar-refractivity contribution >= 4 is 59.0 Å². The summed E-state index contributed by atoms with van der Waals surface area (Å²) in [5, 5.41) is 8.10. The quantitative estimate of drug-likeness (QED) is 0.0620. The first-order valence-electron chi connectivity index (χ1n) is 27.4. The van der Waals surface area contributed by atoms with Crippen LogP contribution in [-0.2, 0) is 35.0 Å². The van der Waals surface area contributed by atoms with E-state index in [2.05, 4.69) is 29.1 Å². The second-order valence-corrected chi connectivity index (χ2v) is 22.5. The van der Waals surface area contributed by atoms with Crippen LogP contribution in [0.5, 0.6) is 17.2 Å². The van der Waals surface area contributed by atoms with Gasteiger partial charge >= 0.3 is 7.12 Å². The molecule has 3 N–H and O–H groups in total. The van der Waals surface area contributed by atoms with Gasteiger partial charge in [0.1, 0.15) is 54.3 Å². The van der Waals surface area contributed by atoms with Crippen LogP contribution in [0.15, 0.2) is 97.3 Å². The number of likely N-dealkylation sites (N-methyl/N-ethyl adjacent to an activating group) is 1. The lowest BCUT2D eigenvalue weighted by atomic mass is 9.43. The molecule has 4 aromatic carbocycles. The molecule has 13 rings (SSSR count). The van der Waals surface area contributed by atoms with E-state index in [-0.39, 0.29) is 86.3 Å². The number of nitrogens with two attached hydrogens (primary N) is 1. The van der Waals surface area contributed by atoms with E-state index in [1.54, 1.807) is 30.1 Å². The van der Waals surface area contributed by atoms with Crippen molar-refractivity contribution in [2.24, 2.45) is 17.3 Å². The predicted molar refractivity (Wildman–Crippen MR) is 292 cm³/mol. The van der Waals surface area contributed by atoms with Crippen LogP contribution in [0.3, 0.4) is 0 Å². The molecule has 0 spiro atoms. The van der Waals surface area contributed by atoms with Crippen LogP contribution < -0.4 is 26.0 Å². The summed E-state index contributed by atoms with van der Waals surface area (Å²) in [6.07, 6.45) is 5.63. The zero-order chi connectivity index (χ0) is 54.7. The smallest absolute Gasteiger partial charge is 0.491 e. The summed E-state index contributed by atoms with van der Waals surface area (Å²) in [5.41, 5.74) is 11.5. The summed E-state index contributed by atoms with van der Waals surface area (Å²) < 4.78 is 34.3. The summed E-state index contributed by atoms with van der Waals surface area (Å²) in [5.74, 6) is 1.76. The number of nitrogens with one attached hydrogen (secondary N) is 1. The number of aromatic nitrogens is 4. The Labute approximate surface area is 458 Å². The van der Waals surface area contributed by atoms with Gasteiger partial charge in [-0.1, -0.05) is 49.7 Å². The SMILES string of the molecule is Cc1cc(C(=O)N(C)CCOc2cccc3c2CN(C2CCC(=O)NC2=O)C3=O)ccc1B1O[C@H]2C[C@H]3C[C@H](C3(C)C)[C@@]2(CCOCC(=O)N2CCC(n3nc(-c4ccc(Oc5ccccc5)cc4)c4c(N)ncnc43)CC2)O1. The highest BCUT2D eigenvalue weighted by Gasteiger charge is 2.69. The number of aryl methyl sites for hydroxylation is 1. The zero-order valence-corrected chi connectivity index (χ0v) is 44.9. The molecule has 6 heterocycles. The van der Waals surface area contributed by atoms with Crippen LogP contribution in [0.1, 0.15) is 96.7 Å². The van der Waals surface area contributed by atoms with Gasteiger partial charge in [0.05, 0.1) is 42.8 Å². The van der Waals surface area contributed by atoms with Crippen LogP contribution in [0.2, 0.25) is 0 Å². The molecule has 0 radical (unpaired) electrons. The molecule has 79 heavy (non-hydrogen) atoms. The van der Waals surface area contributed by atoms with E-state index in [9.17, 15) is 24.0 Å². The molecule has 20 heteroatoms. The van der Waals surface area contributed by atoms with Gasteiger partial charge in [0, 0.05) is 55.2 Å². The Hall–Kier alpha value is -7.68. The number of carbonyl (C=O) groups is 5. The van der Waals surface area contributed by atoms with Crippen LogP contribution >= 0.6 is 0 Å². The number of piperidine rings is 2. The molecule has 3 saturated heterocycles. The number of para-hydroxylation sites is 1. The fourth-order valence-corrected chi connectivity index (χ4v) is 13.1. The summed E-state index contributed by atoms with van der Waals surface area (Å²) in [4.78, 5) is 79.0. The highest BCUT2D eigenvalue weighted by atomic mass is 16.7. The van der Waals surface area contributed by atoms with Gasteiger partial charge in [0.2, 0.25) is 17.7 Å². The van der Waals surface area contributed by atoms with E-state index in [4.69, 9.17) is 34.4 Å². The molecule has 1 unspecified atom stereocenters. The number of amides is 5. The van der Waals surface area contributed by atoms with Crippen LogP contribution in [-0.4, -0.2) is 135 Å². The number of hydrogen-bond donors (Lipinski definition) is 2. The number of fused-ring (bicyclic) bond motifs is 2. The van der Waals surface area contributed by atoms with E-state index >= 15 is 0 Å². The lowest BCUT2D eigenvalue weighted by molar-refractivity contribution is -0.214. The lowest BCUT2D eigenvalue weighted by Gasteiger charge is -2.65. The maximum Gasteiger partial charge on any atom is 0.494 e. The average Bonchev–Trinajstić information content (AvgIpc) is 3.49. The molecule has 5 amide bonds. The van der Waals surface area contributed by atoms with Gasteiger partial charge in [-0.3, -0.25) is 29.3 Å². The summed E-state index contributed by atoms with van der Waals surface area (Å²) in [6.45, 7) is 8.64. The predicted octanol–water partition coefficient (Wildman–Crippen LogP) is 6.27. The zero-order valence-electron chi connectivity index (χ0n) is 44.9. The number of imide groups is 1. The number of anilines is 1. The number of nitrogen functional groups attached to an aromatic ring is 1. The van der Waals surface area contributed by atoms with Gasteiger partial charge in [-0.05, 0) is 122 Å². The van der Waals surface area contributed by atoms with E-state index < -0.39 is 24.7 Å². The van der Waals surface area contributed by atoms with Crippen molar-refractivity contribution in [1.29, 1.82) is 0 Å². The number of hydrogen-bond acceptors (Lipinski definition) is 14. The van der Waals surface area contributed by atoms with Crippen LogP contribution in [0.25, 0.3) is 22.3 Å². The highest BCUT2D eigenvalue weighted by molar-refractivity contribution is 6.62. The second-order valence-electron chi connectivity index (χ2n) is 22.5. The Balaban J connectivity index is 0.640. The molecule has 408 valence electrons. The van der Waals surface area contributed by atoms with Crippen molar-refractivity contribution in [2.75, 3.05) is 52.2 Å². The molecule has 2 aromatic heterocycles. The van der Waals surface area contributed by atoms with Gasteiger partial charge in [-0.15, -0.1) is 0 Å². The topological polar surface area (TPSA) is 223 Å². The van der Waals surface area contributed by atoms with Crippen molar-refractivity contribution in [1.82, 2.24) is 39.8 Å². The Kier molecular flexibility index (Phi) is 13.7. The molecule has 3 aliphatic carbocycles. The fourth-order valence-electron chi connectivity index (χ4n) is 13.1. The highest BCUT2D eigenvalue weighted by Crippen LogP contribution is 2.66. The minimum Gasteiger partial charge on any atom is -0.491 e. The van der Waals surface area contributed by atoms with Gasteiger partial charge < -0.3 is 44.0 Å². The third-order valence-corrected chi connectivity index (χ3v) is 17.7. The van der Waals surface area contributed by atoms with E-state index in [1.165, 1.54) is 11.2 Å². The molecule has 19 nitrogen and oxygen atoms in total. The minimum absolute atomic E-state index is 0.00445. The van der Waals surface area contributed by atoms with Gasteiger partial charge in [-0.25, -0.2) is 14.6 Å². The van der Waals surface area contributed by atoms with E-state index in [0.717, 1.165) is 35.2 Å². The first-order valence-corrected chi connectivity index (χ1v) is 27.4. The molecule has 6 fully saturated rings. The van der Waals surface area contributed by atoms with Crippen molar-refractivity contribution in [3.63, 3.8) is 0 Å². The number of benzene rings is 4. The molecular formula is C59H64BN9O10. The Morgan fingerprint density at radius 2 is 1.71 bits per heavy atom. The molecule has 5 atom stereocenters. The third kappa shape index (κ3) is 9.56. The monoisotopic (exact) mass is 1070 g/mol. The maximum atomic E-state index is 13.8. The van der Waals surface area contributed by atoms with Crippen molar-refractivity contribution in [3.05, 3.63) is 120 Å². The number of nitrogens with zero attached hydrogens (tertiary/aromatic N) is 7. The third-order valence-electron chi connectivity index (χ3n) is 17.7. The minimum atomic E-state index is -0.727. The molecular weight excluding hydrogens is 1010 g/mol. The summed E-state index contributed by atoms with van der Waals surface area (Å²) in [7, 11) is 1.09. The van der Waals surface area contributed by atoms with Crippen molar-refractivity contribution in [2.45, 2.75) is 96.1 Å². The largest absolute Gasteiger partial charge is 0.494 e. The van der Waals surface area contributed by atoms with E-state index in [1.807, 2.05) is 89.3 Å². The van der Waals surface area contributed by atoms with E-state index in [0.29, 0.717) is 95.6 Å². The molecule has 4 aliphatic heterocycles. The maximum absolute atomic E-state index is 13.8. The second kappa shape index (κ2) is 20.8. The summed E-state index contributed by atoms with van der Waals surface area (Å²) >= 11 is 0. The van der Waals surface area contributed by atoms with Gasteiger partial charge in [0.25, 0.3) is 11.8 Å². The average molecular weight is 1070 g/mol. The molecule has 6 aromatic rings. The fraction of sp³-hybridized carbons (Fsp3) is 0.424. The Bertz CT molecular complexity index is 3370. The van der Waals surface area contributed by atoms with Crippen molar-refractivity contribution < 1.29 is 47.5 Å². The molecule has 3 saturated carbocycles. The Morgan fingerprint density at radius 1 is 0.924 bits per heavy atom. The van der Waals surface area contributed by atoms with Crippen LogP contribution in [0, 0.1) is 24.2 Å².